The number of hydrogen-bond donors (Lipinski definition) is 0. The van der Waals surface area contributed by atoms with Crippen molar-refractivity contribution in [2.24, 2.45) is 35.5 Å². The zero-order chi connectivity index (χ0) is 31.9. The summed E-state index contributed by atoms with van der Waals surface area (Å²) in [6, 6.07) is 18.2. The molecule has 4 nitrogen and oxygen atoms in total. The maximum absolute atomic E-state index is 6.83. The fraction of sp³-hybridized carbons (Fsp3) is 0.619. The Labute approximate surface area is 276 Å². The first-order valence-electron chi connectivity index (χ1n) is 18.4. The van der Waals surface area contributed by atoms with Gasteiger partial charge in [-0.1, -0.05) is 96.8 Å². The first-order valence-corrected chi connectivity index (χ1v) is 18.4. The molecular weight excluding hydrogens is 568 g/mol. The minimum Gasteiger partial charge on any atom is -0.352 e. The van der Waals surface area contributed by atoms with Gasteiger partial charge in [0.25, 0.3) is 0 Å². The van der Waals surface area contributed by atoms with Gasteiger partial charge in [0, 0.05) is 0 Å². The molecule has 4 aromatic rings. The van der Waals surface area contributed by atoms with Crippen LogP contribution in [0.5, 0.6) is 0 Å². The van der Waals surface area contributed by atoms with Gasteiger partial charge in [-0.3, -0.25) is 0 Å². The van der Waals surface area contributed by atoms with Gasteiger partial charge in [-0.25, -0.2) is 0 Å². The second-order valence-electron chi connectivity index (χ2n) is 15.9. The van der Waals surface area contributed by atoms with E-state index in [1.807, 2.05) is 0 Å². The van der Waals surface area contributed by atoms with Crippen LogP contribution >= 0.6 is 0 Å². The molecule has 0 spiro atoms. The number of aryl methyl sites for hydroxylation is 1. The molecular formula is C42H56O4. The molecule has 2 saturated carbocycles. The molecule has 3 aliphatic carbocycles. The highest BCUT2D eigenvalue weighted by molar-refractivity contribution is 6.23. The standard InChI is InChI=1S/C42H56O4/c1-25(2)32-15-10-27(5)20-38(32)44-23-43-37-19-18-34-35-17-14-30-9-7-8-29-12-13-31(41(35)40(29)30)22-36(34)42(37)46-24-45-39-21-28(6)11-16-33(39)26(3)4/h7-9,12-14,17,22,25-28,32-33,37-39,42H,10-11,15-16,18-21,23-24H2,1-6H3/t27-,28-,32+,33+,37-,38-,39-,42-/m1/s1. The number of hydrogen-bond acceptors (Lipinski definition) is 4. The van der Waals surface area contributed by atoms with E-state index in [0.717, 1.165) is 25.7 Å². The number of ether oxygens (including phenoxy) is 4. The van der Waals surface area contributed by atoms with Crippen molar-refractivity contribution in [3.05, 3.63) is 59.7 Å². The third kappa shape index (κ3) is 6.32. The van der Waals surface area contributed by atoms with Crippen LogP contribution in [0.2, 0.25) is 0 Å². The molecule has 2 fully saturated rings. The summed E-state index contributed by atoms with van der Waals surface area (Å²) in [5, 5.41) is 8.02. The SMILES string of the molecule is CC(C)[C@@H]1CC[C@@H](C)C[C@H]1OCO[C@@H]1c2cc3ccc4cccc5ccc(c2CC[C@H]1OCO[C@@H]1C[C@H](C)CC[C@H]1C(C)C)c3c45. The summed E-state index contributed by atoms with van der Waals surface area (Å²) in [6.45, 7) is 14.7. The van der Waals surface area contributed by atoms with Gasteiger partial charge < -0.3 is 18.9 Å². The van der Waals surface area contributed by atoms with Crippen LogP contribution < -0.4 is 0 Å². The van der Waals surface area contributed by atoms with E-state index in [4.69, 9.17) is 18.9 Å². The van der Waals surface area contributed by atoms with Crippen LogP contribution in [0, 0.1) is 35.5 Å². The Morgan fingerprint density at radius 3 is 1.80 bits per heavy atom. The van der Waals surface area contributed by atoms with Crippen LogP contribution in [-0.2, 0) is 25.4 Å². The van der Waals surface area contributed by atoms with E-state index in [9.17, 15) is 0 Å². The monoisotopic (exact) mass is 624 g/mol. The number of fused-ring (bicyclic) bond motifs is 2. The quantitative estimate of drug-likeness (QED) is 0.130. The van der Waals surface area contributed by atoms with Gasteiger partial charge in [-0.2, -0.15) is 0 Å². The van der Waals surface area contributed by atoms with Gasteiger partial charge in [0.15, 0.2) is 0 Å². The van der Waals surface area contributed by atoms with Gasteiger partial charge in [0.05, 0.1) is 18.3 Å². The van der Waals surface area contributed by atoms with E-state index in [2.05, 4.69) is 90.1 Å². The van der Waals surface area contributed by atoms with E-state index in [1.54, 1.807) is 0 Å². The average molecular weight is 625 g/mol. The van der Waals surface area contributed by atoms with E-state index >= 15 is 0 Å². The molecule has 4 heteroatoms. The van der Waals surface area contributed by atoms with Crippen molar-refractivity contribution in [3.8, 4) is 0 Å². The molecule has 0 saturated heterocycles. The van der Waals surface area contributed by atoms with Crippen LogP contribution in [0.3, 0.4) is 0 Å². The van der Waals surface area contributed by atoms with E-state index < -0.39 is 0 Å². The Bertz CT molecular complexity index is 1590. The number of benzene rings is 4. The van der Waals surface area contributed by atoms with Gasteiger partial charge in [-0.15, -0.1) is 0 Å². The Morgan fingerprint density at radius 1 is 0.609 bits per heavy atom. The Hall–Kier alpha value is -2.24. The maximum Gasteiger partial charge on any atom is 0.148 e. The van der Waals surface area contributed by atoms with Crippen LogP contribution in [0.25, 0.3) is 32.3 Å². The summed E-state index contributed by atoms with van der Waals surface area (Å²) in [5.41, 5.74) is 2.67. The molecule has 0 unspecified atom stereocenters. The first-order chi connectivity index (χ1) is 22.3. The fourth-order valence-electron chi connectivity index (χ4n) is 9.46. The fourth-order valence-corrected chi connectivity index (χ4v) is 9.46. The average Bonchev–Trinajstić information content (AvgIpc) is 3.04. The van der Waals surface area contributed by atoms with Crippen molar-refractivity contribution in [2.45, 2.75) is 117 Å². The second-order valence-corrected chi connectivity index (χ2v) is 15.9. The van der Waals surface area contributed by atoms with Crippen molar-refractivity contribution in [3.63, 3.8) is 0 Å². The predicted molar refractivity (Wildman–Crippen MR) is 189 cm³/mol. The summed E-state index contributed by atoms with van der Waals surface area (Å²) in [7, 11) is 0. The normalized spacial score (nSPS) is 30.6. The molecule has 46 heavy (non-hydrogen) atoms. The lowest BCUT2D eigenvalue weighted by molar-refractivity contribution is -0.206. The summed E-state index contributed by atoms with van der Waals surface area (Å²) >= 11 is 0. The van der Waals surface area contributed by atoms with Crippen molar-refractivity contribution in [2.75, 3.05) is 13.6 Å². The Kier molecular flexibility index (Phi) is 9.63. The summed E-state index contributed by atoms with van der Waals surface area (Å²) in [4.78, 5) is 0. The van der Waals surface area contributed by atoms with Gasteiger partial charge in [-0.05, 0) is 124 Å². The van der Waals surface area contributed by atoms with E-state index in [0.29, 0.717) is 49.1 Å². The molecule has 0 aliphatic heterocycles. The minimum absolute atomic E-state index is 0.0750. The molecule has 8 atom stereocenters. The molecule has 0 amide bonds. The molecule has 0 N–H and O–H groups in total. The molecule has 3 aliphatic rings. The van der Waals surface area contributed by atoms with Gasteiger partial charge >= 0.3 is 0 Å². The van der Waals surface area contributed by atoms with Crippen LogP contribution in [-0.4, -0.2) is 31.9 Å². The highest BCUT2D eigenvalue weighted by Crippen LogP contribution is 2.44. The van der Waals surface area contributed by atoms with E-state index in [1.165, 1.54) is 69.1 Å². The lowest BCUT2D eigenvalue weighted by Crippen LogP contribution is -2.37. The van der Waals surface area contributed by atoms with Crippen molar-refractivity contribution < 1.29 is 18.9 Å². The molecule has 248 valence electrons. The van der Waals surface area contributed by atoms with Crippen molar-refractivity contribution in [1.82, 2.24) is 0 Å². The lowest BCUT2D eigenvalue weighted by Gasteiger charge is -2.39. The zero-order valence-corrected chi connectivity index (χ0v) is 29.1. The third-order valence-electron chi connectivity index (χ3n) is 12.1. The van der Waals surface area contributed by atoms with Crippen molar-refractivity contribution >= 4 is 32.3 Å². The smallest absolute Gasteiger partial charge is 0.148 e. The maximum atomic E-state index is 6.83. The Morgan fingerprint density at radius 2 is 1.17 bits per heavy atom. The van der Waals surface area contributed by atoms with Gasteiger partial charge in [0.2, 0.25) is 0 Å². The molecule has 0 bridgehead atoms. The lowest BCUT2D eigenvalue weighted by atomic mass is 9.75. The van der Waals surface area contributed by atoms with Gasteiger partial charge in [0.1, 0.15) is 19.7 Å². The topological polar surface area (TPSA) is 36.9 Å². The molecule has 4 aromatic carbocycles. The molecule has 0 aromatic heterocycles. The summed E-state index contributed by atoms with van der Waals surface area (Å²) in [6.07, 6.45) is 9.47. The third-order valence-corrected chi connectivity index (χ3v) is 12.1. The second kappa shape index (κ2) is 13.7. The molecule has 0 radical (unpaired) electrons. The minimum atomic E-state index is -0.195. The highest BCUT2D eigenvalue weighted by Gasteiger charge is 2.36. The first kappa shape index (κ1) is 32.3. The highest BCUT2D eigenvalue weighted by atomic mass is 16.7. The van der Waals surface area contributed by atoms with Crippen LogP contribution in [0.4, 0.5) is 0 Å². The summed E-state index contributed by atoms with van der Waals surface area (Å²) in [5.74, 6) is 3.84. The predicted octanol–water partition coefficient (Wildman–Crippen LogP) is 10.8. The van der Waals surface area contributed by atoms with Crippen molar-refractivity contribution in [1.29, 1.82) is 0 Å². The zero-order valence-electron chi connectivity index (χ0n) is 29.1. The van der Waals surface area contributed by atoms with Crippen LogP contribution in [0.1, 0.15) is 104 Å². The van der Waals surface area contributed by atoms with Crippen LogP contribution in [0.15, 0.2) is 48.5 Å². The van der Waals surface area contributed by atoms with E-state index in [-0.39, 0.29) is 24.4 Å². The largest absolute Gasteiger partial charge is 0.352 e. The molecule has 7 rings (SSSR count). The Balaban J connectivity index is 1.16. The summed E-state index contributed by atoms with van der Waals surface area (Å²) < 4.78 is 26.7. The number of rotatable bonds is 10. The molecule has 0 heterocycles.